The minimum Gasteiger partial charge on any atom is -0.457 e. The molecule has 0 spiro atoms. The zero-order valence-corrected chi connectivity index (χ0v) is 20.3. The summed E-state index contributed by atoms with van der Waals surface area (Å²) in [7, 11) is -3.83. The van der Waals surface area contributed by atoms with Crippen molar-refractivity contribution < 1.29 is 17.9 Å². The van der Waals surface area contributed by atoms with Crippen LogP contribution in [0.15, 0.2) is 82.8 Å². The monoisotopic (exact) mass is 496 g/mol. The van der Waals surface area contributed by atoms with Crippen molar-refractivity contribution in [2.45, 2.75) is 35.7 Å². The van der Waals surface area contributed by atoms with Gasteiger partial charge in [-0.2, -0.15) is 0 Å². The molecule has 0 saturated carbocycles. The molecule has 1 aromatic heterocycles. The number of carbonyl (C=O) groups excluding carboxylic acids is 1. The largest absolute Gasteiger partial charge is 0.457 e. The van der Waals surface area contributed by atoms with E-state index in [-0.39, 0.29) is 10.8 Å². The van der Waals surface area contributed by atoms with E-state index < -0.39 is 15.3 Å². The third-order valence-electron chi connectivity index (χ3n) is 5.08. The smallest absolute Gasteiger partial charge is 0.238 e. The number of fused-ring (bicyclic) bond motifs is 1. The van der Waals surface area contributed by atoms with Crippen molar-refractivity contribution in [1.82, 2.24) is 9.55 Å². The van der Waals surface area contributed by atoms with Crippen LogP contribution in [0.1, 0.15) is 13.8 Å². The number of ether oxygens (including phenoxy) is 1. The second-order valence-electron chi connectivity index (χ2n) is 7.52. The first kappa shape index (κ1) is 23.8. The molecule has 0 aliphatic heterocycles. The van der Waals surface area contributed by atoms with E-state index in [1.54, 1.807) is 37.3 Å². The lowest BCUT2D eigenvalue weighted by Crippen LogP contribution is -2.22. The van der Waals surface area contributed by atoms with E-state index in [1.165, 1.54) is 23.9 Å². The SMILES string of the molecule is CCn1c(S[C@H](C)C(=O)Nc2ccc(Oc3ccccc3)cc2)nc2cc(S(N)(=O)=O)ccc21. The maximum absolute atomic E-state index is 12.8. The average Bonchev–Trinajstić information content (AvgIpc) is 3.16. The molecule has 0 bridgehead atoms. The number of thioether (sulfide) groups is 1. The fourth-order valence-corrected chi connectivity index (χ4v) is 4.87. The van der Waals surface area contributed by atoms with Crippen LogP contribution in [0.2, 0.25) is 0 Å². The van der Waals surface area contributed by atoms with E-state index in [1.807, 2.05) is 41.8 Å². The molecule has 176 valence electrons. The normalized spacial score (nSPS) is 12.4. The van der Waals surface area contributed by atoms with E-state index >= 15 is 0 Å². The van der Waals surface area contributed by atoms with Gasteiger partial charge in [-0.3, -0.25) is 4.79 Å². The first-order chi connectivity index (χ1) is 16.2. The topological polar surface area (TPSA) is 116 Å². The molecule has 1 atom stereocenters. The van der Waals surface area contributed by atoms with E-state index in [4.69, 9.17) is 9.88 Å². The molecule has 3 N–H and O–H groups in total. The van der Waals surface area contributed by atoms with E-state index in [9.17, 15) is 13.2 Å². The van der Waals surface area contributed by atoms with Gasteiger partial charge in [-0.1, -0.05) is 30.0 Å². The fraction of sp³-hybridized carbons (Fsp3) is 0.167. The van der Waals surface area contributed by atoms with Crippen LogP contribution in [0.25, 0.3) is 11.0 Å². The Bertz CT molecular complexity index is 1420. The highest BCUT2D eigenvalue weighted by atomic mass is 32.2. The Kier molecular flexibility index (Phi) is 6.92. The van der Waals surface area contributed by atoms with E-state index in [0.717, 1.165) is 11.3 Å². The van der Waals surface area contributed by atoms with Gasteiger partial charge in [-0.05, 0) is 68.4 Å². The number of sulfonamides is 1. The Morgan fingerprint density at radius 1 is 1.09 bits per heavy atom. The van der Waals surface area contributed by atoms with Crippen LogP contribution in [-0.2, 0) is 21.4 Å². The van der Waals surface area contributed by atoms with Gasteiger partial charge in [0, 0.05) is 12.2 Å². The lowest BCUT2D eigenvalue weighted by atomic mass is 10.3. The van der Waals surface area contributed by atoms with Gasteiger partial charge in [-0.15, -0.1) is 0 Å². The summed E-state index contributed by atoms with van der Waals surface area (Å²) in [5, 5.41) is 8.32. The predicted molar refractivity (Wildman–Crippen MR) is 134 cm³/mol. The number of carbonyl (C=O) groups is 1. The van der Waals surface area contributed by atoms with Crippen LogP contribution in [-0.4, -0.2) is 29.1 Å². The quantitative estimate of drug-likeness (QED) is 0.344. The summed E-state index contributed by atoms with van der Waals surface area (Å²) >= 11 is 1.30. The second-order valence-corrected chi connectivity index (χ2v) is 10.4. The van der Waals surface area contributed by atoms with Crippen LogP contribution >= 0.6 is 11.8 Å². The average molecular weight is 497 g/mol. The highest BCUT2D eigenvalue weighted by Gasteiger charge is 2.20. The number of benzene rings is 3. The lowest BCUT2D eigenvalue weighted by molar-refractivity contribution is -0.115. The Balaban J connectivity index is 1.45. The number of amides is 1. The van der Waals surface area contributed by atoms with Gasteiger partial charge in [0.05, 0.1) is 21.2 Å². The van der Waals surface area contributed by atoms with Gasteiger partial charge < -0.3 is 14.6 Å². The molecule has 0 radical (unpaired) electrons. The zero-order valence-electron chi connectivity index (χ0n) is 18.6. The minimum atomic E-state index is -3.83. The Morgan fingerprint density at radius 3 is 2.41 bits per heavy atom. The second kappa shape index (κ2) is 9.88. The molecular weight excluding hydrogens is 472 g/mol. The molecule has 0 fully saturated rings. The molecule has 1 heterocycles. The Labute approximate surface area is 202 Å². The molecule has 4 aromatic rings. The summed E-state index contributed by atoms with van der Waals surface area (Å²) in [6, 6.07) is 21.2. The summed E-state index contributed by atoms with van der Waals surface area (Å²) in [5.41, 5.74) is 1.94. The van der Waals surface area contributed by atoms with Crippen LogP contribution in [0.3, 0.4) is 0 Å². The number of aryl methyl sites for hydroxylation is 1. The van der Waals surface area contributed by atoms with E-state index in [0.29, 0.717) is 28.7 Å². The Hall–Kier alpha value is -3.34. The van der Waals surface area contributed by atoms with Gasteiger partial charge >= 0.3 is 0 Å². The number of para-hydroxylation sites is 1. The van der Waals surface area contributed by atoms with Crippen LogP contribution < -0.4 is 15.2 Å². The number of imidazole rings is 1. The third-order valence-corrected chi connectivity index (χ3v) is 7.08. The molecule has 1 amide bonds. The maximum atomic E-state index is 12.8. The predicted octanol–water partition coefficient (Wildman–Crippen LogP) is 4.62. The van der Waals surface area contributed by atoms with Gasteiger partial charge in [0.25, 0.3) is 0 Å². The number of nitrogens with zero attached hydrogens (tertiary/aromatic N) is 2. The summed E-state index contributed by atoms with van der Waals surface area (Å²) in [6.45, 7) is 4.37. The molecular formula is C24H24N4O4S2. The summed E-state index contributed by atoms with van der Waals surface area (Å²) in [4.78, 5) is 17.3. The van der Waals surface area contributed by atoms with Gasteiger partial charge in [0.1, 0.15) is 11.5 Å². The number of nitrogens with one attached hydrogen (secondary N) is 1. The standard InChI is InChI=1S/C24H24N4O4S2/c1-3-28-22-14-13-20(34(25,30)31)15-21(22)27-24(28)33-16(2)23(29)26-17-9-11-19(12-10-17)32-18-7-5-4-6-8-18/h4-16H,3H2,1-2H3,(H,26,29)(H2,25,30,31)/t16-/m1/s1. The first-order valence-electron chi connectivity index (χ1n) is 10.6. The molecule has 0 aliphatic rings. The Morgan fingerprint density at radius 2 is 1.76 bits per heavy atom. The fourth-order valence-electron chi connectivity index (χ4n) is 3.35. The van der Waals surface area contributed by atoms with Crippen molar-refractivity contribution in [2.24, 2.45) is 5.14 Å². The summed E-state index contributed by atoms with van der Waals surface area (Å²) in [5.74, 6) is 1.23. The van der Waals surface area contributed by atoms with Gasteiger partial charge in [0.15, 0.2) is 5.16 Å². The molecule has 0 saturated heterocycles. The molecule has 0 unspecified atom stereocenters. The molecule has 34 heavy (non-hydrogen) atoms. The van der Waals surface area contributed by atoms with Gasteiger partial charge in [0.2, 0.25) is 15.9 Å². The van der Waals surface area contributed by atoms with Gasteiger partial charge in [-0.25, -0.2) is 18.5 Å². The minimum absolute atomic E-state index is 0.00258. The third kappa shape index (κ3) is 5.41. The van der Waals surface area contributed by atoms with Crippen molar-refractivity contribution in [1.29, 1.82) is 0 Å². The maximum Gasteiger partial charge on any atom is 0.238 e. The van der Waals surface area contributed by atoms with Crippen molar-refractivity contribution >= 4 is 44.4 Å². The molecule has 3 aromatic carbocycles. The van der Waals surface area contributed by atoms with Crippen LogP contribution in [0, 0.1) is 0 Å². The zero-order chi connectivity index (χ0) is 24.3. The first-order valence-corrected chi connectivity index (χ1v) is 13.0. The molecule has 4 rings (SSSR count). The van der Waals surface area contributed by atoms with Crippen molar-refractivity contribution in [3.05, 3.63) is 72.8 Å². The highest BCUT2D eigenvalue weighted by molar-refractivity contribution is 8.00. The van der Waals surface area contributed by atoms with Crippen molar-refractivity contribution in [2.75, 3.05) is 5.32 Å². The van der Waals surface area contributed by atoms with Crippen LogP contribution in [0.4, 0.5) is 5.69 Å². The van der Waals surface area contributed by atoms with E-state index in [2.05, 4.69) is 10.3 Å². The number of nitrogens with two attached hydrogens (primary N) is 1. The van der Waals surface area contributed by atoms with Crippen molar-refractivity contribution in [3.8, 4) is 11.5 Å². The number of primary sulfonamides is 1. The number of hydrogen-bond acceptors (Lipinski definition) is 6. The lowest BCUT2D eigenvalue weighted by Gasteiger charge is -2.13. The number of aromatic nitrogens is 2. The summed E-state index contributed by atoms with van der Waals surface area (Å²) in [6.07, 6.45) is 0. The molecule has 0 aliphatic carbocycles. The van der Waals surface area contributed by atoms with Crippen molar-refractivity contribution in [3.63, 3.8) is 0 Å². The number of hydrogen-bond donors (Lipinski definition) is 2. The number of rotatable bonds is 8. The number of anilines is 1. The summed E-state index contributed by atoms with van der Waals surface area (Å²) < 4.78 is 31.0. The molecule has 10 heteroatoms. The highest BCUT2D eigenvalue weighted by Crippen LogP contribution is 2.29. The molecule has 8 nitrogen and oxygen atoms in total. The van der Waals surface area contributed by atoms with Crippen LogP contribution in [0.5, 0.6) is 11.5 Å².